The van der Waals surface area contributed by atoms with Crippen LogP contribution in [-0.4, -0.2) is 97.5 Å². The van der Waals surface area contributed by atoms with Crippen LogP contribution in [0.3, 0.4) is 0 Å². The Bertz CT molecular complexity index is 3710. The van der Waals surface area contributed by atoms with Gasteiger partial charge in [0.15, 0.2) is 0 Å². The van der Waals surface area contributed by atoms with Crippen molar-refractivity contribution in [3.8, 4) is 22.5 Å². The molecule has 1 fully saturated rings. The lowest BCUT2D eigenvalue weighted by Crippen LogP contribution is -2.46. The minimum Gasteiger partial charge on any atom is -0.375 e. The van der Waals surface area contributed by atoms with Gasteiger partial charge in [-0.25, -0.2) is 9.36 Å². The van der Waals surface area contributed by atoms with Crippen molar-refractivity contribution in [3.63, 3.8) is 0 Å². The third kappa shape index (κ3) is 44.9. The van der Waals surface area contributed by atoms with Crippen LogP contribution in [0.5, 0.6) is 0 Å². The first kappa shape index (κ1) is 111. The molecule has 19 nitrogen and oxygen atoms in total. The molecule has 4 heterocycles. The fraction of sp³-hybridized carbons (Fsp3) is 0.737. The first-order chi connectivity index (χ1) is 50.1. The van der Waals surface area contributed by atoms with Crippen LogP contribution in [0.2, 0.25) is 0 Å². The second-order valence-electron chi connectivity index (χ2n) is 46.9. The van der Waals surface area contributed by atoms with E-state index < -0.39 is 16.4 Å². The van der Waals surface area contributed by atoms with E-state index in [0.29, 0.717) is 28.6 Å². The lowest BCUT2D eigenvalue weighted by Gasteiger charge is -2.40. The number of Topliss-reactive ketones (excluding diaryl/α,β-unsaturated/α-hetero) is 1. The predicted molar refractivity (Wildman–Crippen MR) is 488 cm³/mol. The van der Waals surface area contributed by atoms with Crippen LogP contribution in [0, 0.1) is 44.8 Å². The van der Waals surface area contributed by atoms with E-state index in [1.54, 1.807) is 0 Å². The molecule has 0 aliphatic carbocycles. The van der Waals surface area contributed by atoms with Gasteiger partial charge in [-0.2, -0.15) is 0 Å². The van der Waals surface area contributed by atoms with Crippen molar-refractivity contribution < 1.29 is 24.0 Å². The van der Waals surface area contributed by atoms with Gasteiger partial charge in [0.25, 0.3) is 10.9 Å². The maximum atomic E-state index is 12.1. The number of rotatable bonds is 2. The highest BCUT2D eigenvalue weighted by Gasteiger charge is 2.48. The van der Waals surface area contributed by atoms with Gasteiger partial charge < -0.3 is 31.0 Å². The number of hydrogen-bond acceptors (Lipinski definition) is 14. The molecule has 0 saturated carbocycles. The number of anilines is 3. The largest absolute Gasteiger partial charge is 0.375 e. The molecule has 1 atom stereocenters. The van der Waals surface area contributed by atoms with Crippen LogP contribution in [-0.2, 0) is 47.0 Å². The minimum absolute atomic E-state index is 0.0132. The first-order valence-corrected chi connectivity index (χ1v) is 41.3. The monoisotopic (exact) mass is 1590 g/mol. The Labute approximate surface area is 696 Å². The maximum Gasteiger partial charge on any atom is 0.253 e. The number of aromatic nitrogens is 6. The molecule has 0 radical (unpaired) electrons. The molecular weight excluding hydrogens is 1420 g/mol. The number of ketones is 1. The molecule has 114 heavy (non-hydrogen) atoms. The molecule has 4 N–H and O–H groups in total. The third-order valence-corrected chi connectivity index (χ3v) is 15.3. The number of imide groups is 1. The smallest absolute Gasteiger partial charge is 0.253 e. The van der Waals surface area contributed by atoms with Crippen molar-refractivity contribution in [2.24, 2.45) is 44.8 Å². The van der Waals surface area contributed by atoms with Crippen molar-refractivity contribution in [1.29, 1.82) is 0 Å². The molecule has 0 spiro atoms. The van der Waals surface area contributed by atoms with E-state index in [4.69, 9.17) is 0 Å². The average Bonchev–Trinajstić information content (AvgIpc) is 1.45. The molecule has 2 aliphatic heterocycles. The van der Waals surface area contributed by atoms with Gasteiger partial charge in [-0.15, -0.1) is 10.2 Å². The van der Waals surface area contributed by atoms with Gasteiger partial charge in [-0.3, -0.25) is 33.7 Å². The summed E-state index contributed by atoms with van der Waals surface area (Å²) in [6.07, 6.45) is 3.68. The zero-order valence-electron chi connectivity index (χ0n) is 82.5. The number of likely N-dealkylation sites (tertiary alicyclic amines) is 1. The number of benzene rings is 2. The fourth-order valence-electron chi connectivity index (χ4n) is 10.8. The summed E-state index contributed by atoms with van der Waals surface area (Å²) >= 11 is 0. The molecule has 2 aromatic heterocycles. The van der Waals surface area contributed by atoms with Crippen LogP contribution in [0.1, 0.15) is 370 Å². The fourth-order valence-corrected chi connectivity index (χ4v) is 10.8. The summed E-state index contributed by atoms with van der Waals surface area (Å²) in [5.74, 6) is 1.83. The summed E-state index contributed by atoms with van der Waals surface area (Å²) in [5.41, 5.74) is 7.08. The molecule has 4 amide bonds. The number of amides is 4. The highest BCUT2D eigenvalue weighted by Crippen LogP contribution is 2.45. The lowest BCUT2D eigenvalue weighted by molar-refractivity contribution is -0.145. The van der Waals surface area contributed by atoms with Crippen molar-refractivity contribution in [1.82, 2.24) is 45.5 Å². The molecule has 19 heteroatoms. The summed E-state index contributed by atoms with van der Waals surface area (Å²) in [5, 5.41) is 29.5. The number of para-hydroxylation sites is 1. The molecular formula is C95H172N12O7. The summed E-state index contributed by atoms with van der Waals surface area (Å²) in [6, 6.07) is 17.2. The minimum atomic E-state index is -0.429. The number of carbonyl (C=O) groups excluding carboxylic acids is 5. The van der Waals surface area contributed by atoms with Crippen LogP contribution < -0.4 is 37.0 Å². The second-order valence-corrected chi connectivity index (χ2v) is 46.9. The van der Waals surface area contributed by atoms with Crippen LogP contribution in [0.4, 0.5) is 17.1 Å². The Hall–Kier alpha value is -7.05. The van der Waals surface area contributed by atoms with E-state index in [9.17, 15) is 33.6 Å². The standard InChI is InChI=1S/C23H28N4.C12H20N2O2.C12H21NO2.C10H19N3.2C9H19NO.C9H20.2C4H10.C3H6O/c1-22(2,3)26-15-16-11-7-8-12-17(16)21-20(18-13-9-10-14-19(18)26)24-25-27(21)23(4,5)6;1-11(2,3)13-7-8(10(16)9(7)15)14-12(4,5)6;1-11(2,3)8-7-9(14)13(10(8)15)12(4,5)6;1-9(2,3)8-7-13(12-11-8)10(4,5)6;2*1-8(2,3)7(11)10-9(4,5)6;1-8(2,3)7-9(4,5)6;2*1-4(2)3;1-3(2)4/h7-14H,15H2,1-6H3;13-14H,1-6H3;8H,7H2,1-6H3;7H,1-6H3;2*1-6H3,(H,10,11);7H2,1-6H3;2*4H,1-3H3;1-2H3. The van der Waals surface area contributed by atoms with Gasteiger partial charge in [-0.1, -0.05) is 219 Å². The SMILES string of the molecule is CC(C)(C)C1CC(=O)N(C(C)(C)C)C1=O.CC(C)(C)CC(C)(C)C.CC(C)(C)N1Cc2ccccc2-c2c(nnn2C(C)(C)C)-c2ccccc21.CC(C)(C)NC(=O)C(C)(C)C.CC(C)(C)NC(=O)C(C)(C)C.CC(C)(C)Nc1c(NC(C)(C)C)c(=O)c1=O.CC(C)(C)c1cn(C(C)(C)C)nn1.CC(C)=O.CC(C)C.CC(C)C. The van der Waals surface area contributed by atoms with Crippen molar-refractivity contribution in [3.05, 3.63) is 86.4 Å². The summed E-state index contributed by atoms with van der Waals surface area (Å²) in [7, 11) is 0. The molecule has 7 rings (SSSR count). The van der Waals surface area contributed by atoms with Gasteiger partial charge in [0.1, 0.15) is 22.9 Å². The van der Waals surface area contributed by atoms with Crippen LogP contribution in [0.15, 0.2) is 64.3 Å². The second kappa shape index (κ2) is 42.4. The lowest BCUT2D eigenvalue weighted by atomic mass is 9.78. The van der Waals surface area contributed by atoms with Gasteiger partial charge in [0.2, 0.25) is 23.6 Å². The van der Waals surface area contributed by atoms with E-state index in [1.807, 2.05) is 177 Å². The van der Waals surface area contributed by atoms with Gasteiger partial charge >= 0.3 is 0 Å². The topological polar surface area (TPSA) is 236 Å². The Morgan fingerprint density at radius 2 is 0.816 bits per heavy atom. The molecule has 654 valence electrons. The number of carbonyl (C=O) groups is 5. The first-order valence-electron chi connectivity index (χ1n) is 41.3. The Balaban J connectivity index is -0.00000127. The molecule has 1 saturated heterocycles. The molecule has 0 bridgehead atoms. The van der Waals surface area contributed by atoms with Crippen molar-refractivity contribution in [2.45, 2.75) is 415 Å². The number of hydrogen-bond donors (Lipinski definition) is 4. The van der Waals surface area contributed by atoms with E-state index in [0.717, 1.165) is 41.0 Å². The summed E-state index contributed by atoms with van der Waals surface area (Å²) in [6.45, 7) is 104. The highest BCUT2D eigenvalue weighted by atomic mass is 16.2. The number of nitrogens with zero attached hydrogens (tertiary/aromatic N) is 8. The quantitative estimate of drug-likeness (QED) is 0.0951. The average molecular weight is 1590 g/mol. The molecule has 2 aliphatic rings. The molecule has 1 unspecified atom stereocenters. The zero-order chi connectivity index (χ0) is 91.4. The predicted octanol–water partition coefficient (Wildman–Crippen LogP) is 23.0. The van der Waals surface area contributed by atoms with Gasteiger partial charge in [-0.05, 0) is 226 Å². The normalized spacial score (nSPS) is 14.3. The molecule has 3 aromatic carbocycles. The number of nitrogens with one attached hydrogen (secondary N) is 4. The van der Waals surface area contributed by atoms with Crippen LogP contribution >= 0.6 is 0 Å². The van der Waals surface area contributed by atoms with Crippen LogP contribution in [0.25, 0.3) is 22.5 Å². The maximum absolute atomic E-state index is 12.1. The third-order valence-electron chi connectivity index (χ3n) is 15.3. The summed E-state index contributed by atoms with van der Waals surface area (Å²) in [4.78, 5) is 82.8. The van der Waals surface area contributed by atoms with E-state index in [2.05, 4.69) is 266 Å². The Morgan fingerprint density at radius 1 is 0.456 bits per heavy atom. The number of fused-ring (bicyclic) bond motifs is 5. The van der Waals surface area contributed by atoms with Crippen molar-refractivity contribution >= 4 is 46.5 Å². The van der Waals surface area contributed by atoms with E-state index in [1.165, 1.54) is 42.0 Å². The van der Waals surface area contributed by atoms with Crippen molar-refractivity contribution in [2.75, 3.05) is 15.5 Å². The van der Waals surface area contributed by atoms with Gasteiger partial charge in [0.05, 0.1) is 28.4 Å². The highest BCUT2D eigenvalue weighted by molar-refractivity contribution is 6.04. The van der Waals surface area contributed by atoms with E-state index in [-0.39, 0.29) is 95.8 Å². The van der Waals surface area contributed by atoms with Gasteiger partial charge in [0, 0.05) is 85.5 Å². The Kier molecular flexibility index (Phi) is 41.3. The molecule has 5 aromatic rings. The zero-order valence-corrected chi connectivity index (χ0v) is 82.5. The van der Waals surface area contributed by atoms with E-state index >= 15 is 0 Å². The Morgan fingerprint density at radius 3 is 1.06 bits per heavy atom. The summed E-state index contributed by atoms with van der Waals surface area (Å²) < 4.78 is 3.98.